The number of benzene rings is 1. The smallest absolute Gasteiger partial charge is 0.302 e. The first-order chi connectivity index (χ1) is 9.52. The van der Waals surface area contributed by atoms with Gasteiger partial charge in [0.15, 0.2) is 0 Å². The van der Waals surface area contributed by atoms with Crippen molar-refractivity contribution >= 4 is 17.5 Å². The Morgan fingerprint density at radius 1 is 1.05 bits per heavy atom. The first-order valence-corrected chi connectivity index (χ1v) is 6.13. The van der Waals surface area contributed by atoms with Crippen LogP contribution in [0.2, 0.25) is 0 Å². The number of carbonyl (C=O) groups excluding carboxylic acids is 2. The van der Waals surface area contributed by atoms with Gasteiger partial charge in [-0.05, 0) is 29.3 Å². The zero-order valence-corrected chi connectivity index (χ0v) is 11.8. The van der Waals surface area contributed by atoms with Crippen molar-refractivity contribution in [2.45, 2.75) is 13.8 Å². The molecule has 0 radical (unpaired) electrons. The molecule has 5 nitrogen and oxygen atoms in total. The zero-order chi connectivity index (χ0) is 15.0. The van der Waals surface area contributed by atoms with Crippen LogP contribution in [0, 0.1) is 0 Å². The Morgan fingerprint density at radius 2 is 1.65 bits per heavy atom. The minimum absolute atomic E-state index is 0.128. The fourth-order valence-corrected chi connectivity index (χ4v) is 1.50. The molecule has 1 aromatic carbocycles. The Balaban J connectivity index is 2.83. The van der Waals surface area contributed by atoms with Crippen LogP contribution >= 0.6 is 0 Å². The van der Waals surface area contributed by atoms with E-state index in [0.29, 0.717) is 0 Å². The highest BCUT2D eigenvalue weighted by Crippen LogP contribution is 2.19. The van der Waals surface area contributed by atoms with E-state index in [4.69, 9.17) is 14.2 Å². The van der Waals surface area contributed by atoms with Crippen molar-refractivity contribution in [3.05, 3.63) is 35.9 Å². The topological polar surface area (TPSA) is 61.8 Å². The molecule has 0 spiro atoms. The standard InChI is InChI=1S/C15H18O5/c1-11(16)19-9-8-14(10-20-12(2)17)13-4-6-15(18-3)7-5-13/h4-8H,9-10H2,1-3H3/b14-8+. The van der Waals surface area contributed by atoms with Gasteiger partial charge in [-0.1, -0.05) is 12.1 Å². The predicted octanol–water partition coefficient (Wildman–Crippen LogP) is 2.20. The summed E-state index contributed by atoms with van der Waals surface area (Å²) in [6.45, 7) is 2.95. The average Bonchev–Trinajstić information content (AvgIpc) is 2.42. The molecule has 0 heterocycles. The van der Waals surface area contributed by atoms with Crippen LogP contribution in [0.15, 0.2) is 30.3 Å². The van der Waals surface area contributed by atoms with E-state index in [1.54, 1.807) is 13.2 Å². The molecule has 0 N–H and O–H groups in total. The van der Waals surface area contributed by atoms with Gasteiger partial charge in [0.2, 0.25) is 0 Å². The SMILES string of the molecule is COc1ccc(/C(=C/COC(C)=O)COC(C)=O)cc1. The fourth-order valence-electron chi connectivity index (χ4n) is 1.50. The normalized spacial score (nSPS) is 10.8. The molecule has 0 aliphatic carbocycles. The van der Waals surface area contributed by atoms with Crippen LogP contribution in [-0.4, -0.2) is 32.3 Å². The summed E-state index contributed by atoms with van der Waals surface area (Å²) >= 11 is 0. The second-order valence-corrected chi connectivity index (χ2v) is 4.04. The number of hydrogen-bond acceptors (Lipinski definition) is 5. The van der Waals surface area contributed by atoms with Gasteiger partial charge in [-0.15, -0.1) is 0 Å². The van der Waals surface area contributed by atoms with E-state index in [2.05, 4.69) is 0 Å². The third-order valence-corrected chi connectivity index (χ3v) is 2.51. The lowest BCUT2D eigenvalue weighted by molar-refractivity contribution is -0.140. The number of carbonyl (C=O) groups is 2. The third-order valence-electron chi connectivity index (χ3n) is 2.51. The average molecular weight is 278 g/mol. The van der Waals surface area contributed by atoms with Crippen molar-refractivity contribution < 1.29 is 23.8 Å². The van der Waals surface area contributed by atoms with Gasteiger partial charge in [0.25, 0.3) is 0 Å². The van der Waals surface area contributed by atoms with E-state index in [-0.39, 0.29) is 25.2 Å². The highest BCUT2D eigenvalue weighted by atomic mass is 16.5. The second-order valence-electron chi connectivity index (χ2n) is 4.04. The number of rotatable bonds is 6. The molecule has 20 heavy (non-hydrogen) atoms. The van der Waals surface area contributed by atoms with Gasteiger partial charge in [-0.2, -0.15) is 0 Å². The highest BCUT2D eigenvalue weighted by Gasteiger charge is 2.05. The molecule has 1 aromatic rings. The molecule has 0 aliphatic heterocycles. The van der Waals surface area contributed by atoms with Crippen molar-refractivity contribution in [3.8, 4) is 5.75 Å². The molecule has 0 fully saturated rings. The summed E-state index contributed by atoms with van der Waals surface area (Å²) < 4.78 is 14.9. The lowest BCUT2D eigenvalue weighted by Gasteiger charge is -2.09. The van der Waals surface area contributed by atoms with Crippen molar-refractivity contribution in [3.63, 3.8) is 0 Å². The summed E-state index contributed by atoms with van der Waals surface area (Å²) in [7, 11) is 1.59. The van der Waals surface area contributed by atoms with Gasteiger partial charge in [0, 0.05) is 13.8 Å². The molecule has 0 bridgehead atoms. The Hall–Kier alpha value is -2.30. The molecule has 1 rings (SSSR count). The predicted molar refractivity (Wildman–Crippen MR) is 74.2 cm³/mol. The van der Waals surface area contributed by atoms with Crippen LogP contribution < -0.4 is 4.74 Å². The Kier molecular flexibility index (Phi) is 6.29. The van der Waals surface area contributed by atoms with Gasteiger partial charge >= 0.3 is 11.9 Å². The number of methoxy groups -OCH3 is 1. The lowest BCUT2D eigenvalue weighted by atomic mass is 10.1. The maximum Gasteiger partial charge on any atom is 0.302 e. The van der Waals surface area contributed by atoms with E-state index in [9.17, 15) is 9.59 Å². The second kappa shape index (κ2) is 7.99. The zero-order valence-electron chi connectivity index (χ0n) is 11.8. The largest absolute Gasteiger partial charge is 0.497 e. The summed E-state index contributed by atoms with van der Waals surface area (Å²) in [5, 5.41) is 0. The first-order valence-electron chi connectivity index (χ1n) is 6.13. The van der Waals surface area contributed by atoms with Crippen LogP contribution in [0.4, 0.5) is 0 Å². The third kappa shape index (κ3) is 5.56. The maximum atomic E-state index is 10.9. The summed E-state index contributed by atoms with van der Waals surface area (Å²) in [5.41, 5.74) is 1.64. The highest BCUT2D eigenvalue weighted by molar-refractivity contribution is 5.72. The van der Waals surface area contributed by atoms with Crippen LogP contribution in [0.3, 0.4) is 0 Å². The number of esters is 2. The van der Waals surface area contributed by atoms with Gasteiger partial charge in [-0.3, -0.25) is 9.59 Å². The molecule has 108 valence electrons. The molecule has 0 saturated heterocycles. The molecular weight excluding hydrogens is 260 g/mol. The van der Waals surface area contributed by atoms with Crippen molar-refractivity contribution in [1.82, 2.24) is 0 Å². The fraction of sp³-hybridized carbons (Fsp3) is 0.333. The van der Waals surface area contributed by atoms with Crippen molar-refractivity contribution in [2.75, 3.05) is 20.3 Å². The van der Waals surface area contributed by atoms with E-state index in [1.165, 1.54) is 13.8 Å². The van der Waals surface area contributed by atoms with Crippen molar-refractivity contribution in [1.29, 1.82) is 0 Å². The number of ether oxygens (including phenoxy) is 3. The van der Waals surface area contributed by atoms with Crippen LogP contribution in [0.5, 0.6) is 5.75 Å². The first kappa shape index (κ1) is 15.8. The van der Waals surface area contributed by atoms with Crippen LogP contribution in [0.25, 0.3) is 5.57 Å². The molecule has 0 amide bonds. The van der Waals surface area contributed by atoms with Gasteiger partial charge in [-0.25, -0.2) is 0 Å². The van der Waals surface area contributed by atoms with E-state index in [0.717, 1.165) is 16.9 Å². The van der Waals surface area contributed by atoms with E-state index in [1.807, 2.05) is 24.3 Å². The Bertz CT molecular complexity index is 487. The molecule has 0 saturated carbocycles. The van der Waals surface area contributed by atoms with Gasteiger partial charge < -0.3 is 14.2 Å². The van der Waals surface area contributed by atoms with Gasteiger partial charge in [0.1, 0.15) is 19.0 Å². The van der Waals surface area contributed by atoms with Gasteiger partial charge in [0.05, 0.1) is 7.11 Å². The van der Waals surface area contributed by atoms with Crippen LogP contribution in [-0.2, 0) is 19.1 Å². The molecular formula is C15H18O5. The molecule has 5 heteroatoms. The minimum atomic E-state index is -0.364. The lowest BCUT2D eigenvalue weighted by Crippen LogP contribution is -2.05. The molecule has 0 unspecified atom stereocenters. The Labute approximate surface area is 118 Å². The summed E-state index contributed by atoms with van der Waals surface area (Å²) in [6, 6.07) is 7.31. The maximum absolute atomic E-state index is 10.9. The molecule has 0 atom stereocenters. The number of hydrogen-bond donors (Lipinski definition) is 0. The molecule has 0 aliphatic rings. The van der Waals surface area contributed by atoms with E-state index < -0.39 is 0 Å². The Morgan fingerprint density at radius 3 is 2.15 bits per heavy atom. The monoisotopic (exact) mass is 278 g/mol. The van der Waals surface area contributed by atoms with Crippen molar-refractivity contribution in [2.24, 2.45) is 0 Å². The van der Waals surface area contributed by atoms with Crippen LogP contribution in [0.1, 0.15) is 19.4 Å². The summed E-state index contributed by atoms with van der Waals surface area (Å²) in [4.78, 5) is 21.7. The summed E-state index contributed by atoms with van der Waals surface area (Å²) in [5.74, 6) is 0.0142. The van der Waals surface area contributed by atoms with E-state index >= 15 is 0 Å². The minimum Gasteiger partial charge on any atom is -0.497 e. The quantitative estimate of drug-likeness (QED) is 0.746. The summed E-state index contributed by atoms with van der Waals surface area (Å²) in [6.07, 6.45) is 1.71. The molecule has 0 aromatic heterocycles.